The molecule has 3 N–H and O–H groups in total. The number of carbonyl (C=O) groups is 2. The van der Waals surface area contributed by atoms with Gasteiger partial charge in [0.25, 0.3) is 11.8 Å². The zero-order valence-corrected chi connectivity index (χ0v) is 14.6. The highest BCUT2D eigenvalue weighted by Gasteiger charge is 2.17. The molecule has 0 aliphatic carbocycles. The van der Waals surface area contributed by atoms with E-state index in [2.05, 4.69) is 10.3 Å². The van der Waals surface area contributed by atoms with Crippen molar-refractivity contribution in [3.8, 4) is 0 Å². The fourth-order valence-electron chi connectivity index (χ4n) is 2.40. The van der Waals surface area contributed by atoms with Gasteiger partial charge in [-0.05, 0) is 11.1 Å². The van der Waals surface area contributed by atoms with Crippen molar-refractivity contribution >= 4 is 28.3 Å². The molecule has 0 radical (unpaired) electrons. The Morgan fingerprint density at radius 1 is 1.04 bits per heavy atom. The van der Waals surface area contributed by atoms with Crippen LogP contribution in [0.1, 0.15) is 26.9 Å². The second kappa shape index (κ2) is 8.37. The van der Waals surface area contributed by atoms with Crippen molar-refractivity contribution < 1.29 is 14.3 Å². The minimum atomic E-state index is -0.576. The topological polar surface area (TPSA) is 94.3 Å². The van der Waals surface area contributed by atoms with Crippen molar-refractivity contribution in [1.82, 2.24) is 4.98 Å². The lowest BCUT2D eigenvalue weighted by atomic mass is 10.0. The van der Waals surface area contributed by atoms with Gasteiger partial charge in [0, 0.05) is 0 Å². The van der Waals surface area contributed by atoms with Gasteiger partial charge >= 0.3 is 0 Å². The van der Waals surface area contributed by atoms with Crippen LogP contribution in [0, 0.1) is 0 Å². The Hall–Kier alpha value is -3.03. The Kier molecular flexibility index (Phi) is 5.73. The van der Waals surface area contributed by atoms with Crippen LogP contribution in [0.3, 0.4) is 0 Å². The summed E-state index contributed by atoms with van der Waals surface area (Å²) in [5.74, 6) is -0.931. The van der Waals surface area contributed by atoms with Crippen LogP contribution in [-0.4, -0.2) is 23.4 Å². The summed E-state index contributed by atoms with van der Waals surface area (Å²) in [6, 6.07) is 19.4. The first-order chi connectivity index (χ1) is 12.6. The van der Waals surface area contributed by atoms with E-state index in [0.717, 1.165) is 22.5 Å². The average molecular weight is 367 g/mol. The first-order valence-corrected chi connectivity index (χ1v) is 8.72. The standard InChI is InChI=1S/C19H17N3O3S/c20-18(24)15-11-21-19(26-15)22-16(23)12-25-17(13-7-3-1-4-8-13)14-9-5-2-6-10-14/h1-11,17H,12H2,(H2,20,24)(H,21,22,23). The molecule has 1 heterocycles. The Morgan fingerprint density at radius 2 is 1.62 bits per heavy atom. The zero-order chi connectivity index (χ0) is 18.4. The lowest BCUT2D eigenvalue weighted by Gasteiger charge is -2.18. The van der Waals surface area contributed by atoms with Gasteiger partial charge in [0.15, 0.2) is 5.13 Å². The van der Waals surface area contributed by atoms with Crippen LogP contribution in [0.25, 0.3) is 0 Å². The summed E-state index contributed by atoms with van der Waals surface area (Å²) in [6.45, 7) is -0.153. The van der Waals surface area contributed by atoms with E-state index >= 15 is 0 Å². The number of primary amides is 1. The van der Waals surface area contributed by atoms with E-state index in [4.69, 9.17) is 10.5 Å². The van der Waals surface area contributed by atoms with Crippen LogP contribution < -0.4 is 11.1 Å². The van der Waals surface area contributed by atoms with E-state index in [1.54, 1.807) is 0 Å². The van der Waals surface area contributed by atoms with Gasteiger partial charge in [0.05, 0.1) is 6.20 Å². The molecule has 26 heavy (non-hydrogen) atoms. The van der Waals surface area contributed by atoms with Crippen LogP contribution in [0.5, 0.6) is 0 Å². The smallest absolute Gasteiger partial charge is 0.260 e. The number of benzene rings is 2. The second-order valence-electron chi connectivity index (χ2n) is 5.45. The van der Waals surface area contributed by atoms with Gasteiger partial charge in [-0.3, -0.25) is 14.9 Å². The number of rotatable bonds is 7. The minimum Gasteiger partial charge on any atom is -0.365 e. The molecular weight excluding hydrogens is 350 g/mol. The molecule has 0 saturated carbocycles. The van der Waals surface area contributed by atoms with Gasteiger partial charge in [-0.25, -0.2) is 4.98 Å². The van der Waals surface area contributed by atoms with Crippen LogP contribution in [0.4, 0.5) is 5.13 Å². The van der Waals surface area contributed by atoms with Gasteiger partial charge in [-0.2, -0.15) is 0 Å². The fraction of sp³-hybridized carbons (Fsp3) is 0.105. The van der Waals surface area contributed by atoms with Crippen molar-refractivity contribution in [2.45, 2.75) is 6.10 Å². The van der Waals surface area contributed by atoms with E-state index in [1.807, 2.05) is 60.7 Å². The molecule has 3 aromatic rings. The molecule has 2 amide bonds. The molecule has 0 fully saturated rings. The minimum absolute atomic E-state index is 0.153. The summed E-state index contributed by atoms with van der Waals surface area (Å²) in [4.78, 5) is 27.5. The maximum absolute atomic E-state index is 12.2. The van der Waals surface area contributed by atoms with Crippen molar-refractivity contribution in [1.29, 1.82) is 0 Å². The number of anilines is 1. The van der Waals surface area contributed by atoms with E-state index in [0.29, 0.717) is 5.13 Å². The first-order valence-electron chi connectivity index (χ1n) is 7.90. The summed E-state index contributed by atoms with van der Waals surface area (Å²) in [6.07, 6.45) is 0.973. The van der Waals surface area contributed by atoms with Gasteiger partial charge in [0.2, 0.25) is 0 Å². The summed E-state index contributed by atoms with van der Waals surface area (Å²) < 4.78 is 5.88. The molecule has 6 nitrogen and oxygen atoms in total. The van der Waals surface area contributed by atoms with Gasteiger partial charge in [0.1, 0.15) is 17.6 Å². The predicted molar refractivity (Wildman–Crippen MR) is 99.9 cm³/mol. The maximum atomic E-state index is 12.2. The number of nitrogens with zero attached hydrogens (tertiary/aromatic N) is 1. The Morgan fingerprint density at radius 3 is 2.12 bits per heavy atom. The van der Waals surface area contributed by atoms with Crippen molar-refractivity contribution in [3.63, 3.8) is 0 Å². The highest BCUT2D eigenvalue weighted by molar-refractivity contribution is 7.17. The van der Waals surface area contributed by atoms with E-state index < -0.39 is 5.91 Å². The van der Waals surface area contributed by atoms with Crippen LogP contribution in [-0.2, 0) is 9.53 Å². The SMILES string of the molecule is NC(=O)c1cnc(NC(=O)COC(c2ccccc2)c2ccccc2)s1. The monoisotopic (exact) mass is 367 g/mol. The molecule has 2 aromatic carbocycles. The molecule has 3 rings (SSSR count). The largest absolute Gasteiger partial charge is 0.365 e. The molecule has 0 spiro atoms. The molecule has 1 aromatic heterocycles. The number of thiazole rings is 1. The normalized spacial score (nSPS) is 10.7. The highest BCUT2D eigenvalue weighted by Crippen LogP contribution is 2.26. The molecule has 0 atom stereocenters. The molecule has 7 heteroatoms. The predicted octanol–water partition coefficient (Wildman–Crippen LogP) is 2.99. The summed E-state index contributed by atoms with van der Waals surface area (Å²) in [5, 5.41) is 2.92. The number of carbonyl (C=O) groups excluding carboxylic acids is 2. The number of ether oxygens (including phenoxy) is 1. The van der Waals surface area contributed by atoms with E-state index in [1.165, 1.54) is 6.20 Å². The molecule has 0 aliphatic heterocycles. The van der Waals surface area contributed by atoms with Gasteiger partial charge in [-0.1, -0.05) is 72.0 Å². The maximum Gasteiger partial charge on any atom is 0.260 e. The highest BCUT2D eigenvalue weighted by atomic mass is 32.1. The third kappa shape index (κ3) is 4.53. The second-order valence-corrected chi connectivity index (χ2v) is 6.49. The lowest BCUT2D eigenvalue weighted by molar-refractivity contribution is -0.121. The molecule has 0 saturated heterocycles. The lowest BCUT2D eigenvalue weighted by Crippen LogP contribution is -2.20. The molecule has 0 bridgehead atoms. The van der Waals surface area contributed by atoms with Crippen molar-refractivity contribution in [2.75, 3.05) is 11.9 Å². The van der Waals surface area contributed by atoms with Crippen molar-refractivity contribution in [3.05, 3.63) is 82.9 Å². The molecule has 0 aliphatic rings. The van der Waals surface area contributed by atoms with E-state index in [9.17, 15) is 9.59 Å². The number of aromatic nitrogens is 1. The number of amides is 2. The zero-order valence-electron chi connectivity index (χ0n) is 13.8. The van der Waals surface area contributed by atoms with Gasteiger partial charge in [-0.15, -0.1) is 0 Å². The first kappa shape index (κ1) is 17.8. The third-order valence-corrected chi connectivity index (χ3v) is 4.51. The average Bonchev–Trinajstić information content (AvgIpc) is 3.12. The van der Waals surface area contributed by atoms with Crippen molar-refractivity contribution in [2.24, 2.45) is 5.73 Å². The Balaban J connectivity index is 1.67. The van der Waals surface area contributed by atoms with Gasteiger partial charge < -0.3 is 10.5 Å². The molecular formula is C19H17N3O3S. The number of hydrogen-bond acceptors (Lipinski definition) is 5. The van der Waals surface area contributed by atoms with E-state index in [-0.39, 0.29) is 23.5 Å². The summed E-state index contributed by atoms with van der Waals surface area (Å²) in [5.41, 5.74) is 7.09. The molecule has 132 valence electrons. The molecule has 0 unspecified atom stereocenters. The Labute approximate surface area is 154 Å². The number of hydrogen-bond donors (Lipinski definition) is 2. The fourth-order valence-corrected chi connectivity index (χ4v) is 3.09. The third-order valence-electron chi connectivity index (χ3n) is 3.58. The number of nitrogens with one attached hydrogen (secondary N) is 1. The summed E-state index contributed by atoms with van der Waals surface area (Å²) in [7, 11) is 0. The Bertz CT molecular complexity index is 842. The van der Waals surface area contributed by atoms with Crippen LogP contribution in [0.2, 0.25) is 0 Å². The quantitative estimate of drug-likeness (QED) is 0.671. The summed E-state index contributed by atoms with van der Waals surface area (Å²) >= 11 is 1.02. The number of nitrogens with two attached hydrogens (primary N) is 1. The van der Waals surface area contributed by atoms with Crippen LogP contribution >= 0.6 is 11.3 Å². The van der Waals surface area contributed by atoms with Crippen LogP contribution in [0.15, 0.2) is 66.9 Å².